The lowest BCUT2D eigenvalue weighted by Crippen LogP contribution is -2.44. The molecule has 1 aliphatic carbocycles. The topological polar surface area (TPSA) is 118 Å². The van der Waals surface area contributed by atoms with Crippen LogP contribution in [-0.4, -0.2) is 66.5 Å². The number of likely N-dealkylation sites (N-methyl/N-ethyl adjacent to an activating group) is 1. The smallest absolute Gasteiger partial charge is 0.263 e. The average Bonchev–Trinajstić information content (AvgIpc) is 3.27. The molecule has 47 heavy (non-hydrogen) atoms. The van der Waals surface area contributed by atoms with E-state index in [1.165, 1.54) is 31.5 Å². The summed E-state index contributed by atoms with van der Waals surface area (Å²) in [4.78, 5) is 31.2. The number of amides is 1. The zero-order valence-corrected chi connectivity index (χ0v) is 28.3. The van der Waals surface area contributed by atoms with Gasteiger partial charge < -0.3 is 9.64 Å². The van der Waals surface area contributed by atoms with E-state index in [0.29, 0.717) is 24.3 Å². The Morgan fingerprint density at radius 2 is 1.74 bits per heavy atom. The number of carbonyl (C=O) groups is 1. The Kier molecular flexibility index (Phi) is 8.16. The molecule has 4 aromatic rings. The highest BCUT2D eigenvalue weighted by Gasteiger charge is 2.54. The molecular weight excluding hydrogens is 613 g/mol. The van der Waals surface area contributed by atoms with E-state index in [9.17, 15) is 13.2 Å². The molecular formula is C36H42N6O4S. The third-order valence-electron chi connectivity index (χ3n) is 10.4. The molecule has 1 saturated heterocycles. The van der Waals surface area contributed by atoms with E-state index in [-0.39, 0.29) is 22.4 Å². The number of nitrogens with zero attached hydrogens (tertiary/aromatic N) is 5. The van der Waals surface area contributed by atoms with Gasteiger partial charge in [0.1, 0.15) is 10.6 Å². The molecule has 0 radical (unpaired) electrons. The van der Waals surface area contributed by atoms with Crippen molar-refractivity contribution in [1.82, 2.24) is 19.9 Å². The number of aromatic nitrogens is 3. The minimum absolute atomic E-state index is 0.0550. The van der Waals surface area contributed by atoms with Crippen LogP contribution in [0, 0.1) is 6.92 Å². The van der Waals surface area contributed by atoms with Crippen molar-refractivity contribution in [1.29, 1.82) is 0 Å². The first-order chi connectivity index (χ1) is 22.6. The zero-order valence-electron chi connectivity index (χ0n) is 27.5. The first kappa shape index (κ1) is 31.5. The first-order valence-corrected chi connectivity index (χ1v) is 18.1. The molecule has 2 unspecified atom stereocenters. The second-order valence-electron chi connectivity index (χ2n) is 13.4. The molecule has 1 N–H and O–H groups in total. The largest absolute Gasteiger partial charge is 0.476 e. The number of fused-ring (bicyclic) bond motifs is 4. The molecule has 11 heteroatoms. The predicted octanol–water partition coefficient (Wildman–Crippen LogP) is 6.23. The highest BCUT2D eigenvalue weighted by Crippen LogP contribution is 2.55. The summed E-state index contributed by atoms with van der Waals surface area (Å²) >= 11 is 0. The standard InChI is InChI=1S/C36H42N6O4S/c1-23-10-12-28(21-37-23)47(44,45)40-31-19-27(20-39-34(31)46-17-7-16-42-24(2)8-5-9-25(42)3)26-11-13-30-29(18-26)33-32(22-38-30)41(4)35(43)36(33)14-6-15-36/h10-13,18-22,24-25,40H,5-9,14-17H2,1-4H3. The van der Waals surface area contributed by atoms with Crippen LogP contribution in [0.3, 0.4) is 0 Å². The summed E-state index contributed by atoms with van der Waals surface area (Å²) in [6.07, 6.45) is 12.0. The zero-order chi connectivity index (χ0) is 32.9. The Hall–Kier alpha value is -4.09. The van der Waals surface area contributed by atoms with E-state index >= 15 is 0 Å². The summed E-state index contributed by atoms with van der Waals surface area (Å²) in [5, 5.41) is 0.937. The maximum atomic E-state index is 13.5. The minimum Gasteiger partial charge on any atom is -0.476 e. The summed E-state index contributed by atoms with van der Waals surface area (Å²) in [7, 11) is -2.15. The maximum absolute atomic E-state index is 13.5. The van der Waals surface area contributed by atoms with Crippen molar-refractivity contribution in [3.05, 3.63) is 66.2 Å². The Balaban J connectivity index is 1.21. The fraction of sp³-hybridized carbons (Fsp3) is 0.444. The molecule has 2 atom stereocenters. The van der Waals surface area contributed by atoms with Gasteiger partial charge >= 0.3 is 0 Å². The van der Waals surface area contributed by atoms with Crippen molar-refractivity contribution in [2.45, 2.75) is 88.1 Å². The Morgan fingerprint density at radius 1 is 0.957 bits per heavy atom. The highest BCUT2D eigenvalue weighted by molar-refractivity contribution is 7.92. The van der Waals surface area contributed by atoms with Crippen LogP contribution in [-0.2, 0) is 20.2 Å². The van der Waals surface area contributed by atoms with Crippen LogP contribution in [0.25, 0.3) is 22.0 Å². The van der Waals surface area contributed by atoms with E-state index < -0.39 is 15.4 Å². The van der Waals surface area contributed by atoms with Gasteiger partial charge in [0.25, 0.3) is 10.0 Å². The molecule has 3 aliphatic rings. The lowest BCUT2D eigenvalue weighted by molar-refractivity contribution is -0.125. The number of sulfonamides is 1. The third-order valence-corrected chi connectivity index (χ3v) is 11.8. The lowest BCUT2D eigenvalue weighted by atomic mass is 9.64. The first-order valence-electron chi connectivity index (χ1n) is 16.6. The van der Waals surface area contributed by atoms with Crippen LogP contribution in [0.2, 0.25) is 0 Å². The van der Waals surface area contributed by atoms with Gasteiger partial charge in [0.2, 0.25) is 11.8 Å². The summed E-state index contributed by atoms with van der Waals surface area (Å²) < 4.78 is 35.9. The van der Waals surface area contributed by atoms with Gasteiger partial charge in [0.15, 0.2) is 0 Å². The molecule has 0 bridgehead atoms. The monoisotopic (exact) mass is 654 g/mol. The van der Waals surface area contributed by atoms with Gasteiger partial charge in [0.05, 0.1) is 29.4 Å². The molecule has 1 amide bonds. The van der Waals surface area contributed by atoms with Crippen molar-refractivity contribution < 1.29 is 17.9 Å². The number of benzene rings is 1. The molecule has 1 aromatic carbocycles. The molecule has 2 fully saturated rings. The highest BCUT2D eigenvalue weighted by atomic mass is 32.2. The number of nitrogens with one attached hydrogen (secondary N) is 1. The fourth-order valence-corrected chi connectivity index (χ4v) is 8.59. The fourth-order valence-electron chi connectivity index (χ4n) is 7.60. The SMILES string of the molecule is Cc1ccc(S(=O)(=O)Nc2cc(-c3ccc4ncc5c(c4c3)C3(CCC3)C(=O)N5C)cnc2OCCCN2C(C)CCCC2C)cn1. The van der Waals surface area contributed by atoms with Gasteiger partial charge in [-0.15, -0.1) is 0 Å². The van der Waals surface area contributed by atoms with Crippen LogP contribution >= 0.6 is 0 Å². The molecule has 1 spiro atoms. The summed E-state index contributed by atoms with van der Waals surface area (Å²) in [5.74, 6) is 0.356. The van der Waals surface area contributed by atoms with Gasteiger partial charge in [-0.1, -0.05) is 18.9 Å². The van der Waals surface area contributed by atoms with Crippen molar-refractivity contribution in [3.8, 4) is 17.0 Å². The van der Waals surface area contributed by atoms with E-state index in [2.05, 4.69) is 38.4 Å². The number of ether oxygens (including phenoxy) is 1. The molecule has 1 saturated carbocycles. The van der Waals surface area contributed by atoms with Crippen molar-refractivity contribution in [2.24, 2.45) is 0 Å². The van der Waals surface area contributed by atoms with Crippen LogP contribution < -0.4 is 14.4 Å². The number of hydrogen-bond donors (Lipinski definition) is 1. The van der Waals surface area contributed by atoms with Gasteiger partial charge in [-0.25, -0.2) is 13.4 Å². The van der Waals surface area contributed by atoms with Gasteiger partial charge in [0, 0.05) is 60.3 Å². The van der Waals surface area contributed by atoms with Crippen LogP contribution in [0.5, 0.6) is 5.88 Å². The number of piperidine rings is 1. The van der Waals surface area contributed by atoms with Crippen molar-refractivity contribution in [2.75, 3.05) is 29.8 Å². The number of hydrogen-bond acceptors (Lipinski definition) is 8. The molecule has 3 aromatic heterocycles. The van der Waals surface area contributed by atoms with Crippen LogP contribution in [0.15, 0.2) is 59.9 Å². The molecule has 2 aliphatic heterocycles. The summed E-state index contributed by atoms with van der Waals surface area (Å²) in [5.41, 5.74) is 4.76. The third kappa shape index (κ3) is 5.63. The number of anilines is 2. The molecule has 5 heterocycles. The number of aryl methyl sites for hydroxylation is 1. The van der Waals surface area contributed by atoms with Crippen LogP contribution in [0.1, 0.15) is 70.1 Å². The predicted molar refractivity (Wildman–Crippen MR) is 183 cm³/mol. The van der Waals surface area contributed by atoms with Crippen molar-refractivity contribution in [3.63, 3.8) is 0 Å². The Bertz CT molecular complexity index is 1930. The lowest BCUT2D eigenvalue weighted by Gasteiger charge is -2.39. The minimum atomic E-state index is -3.97. The van der Waals surface area contributed by atoms with Crippen molar-refractivity contribution >= 4 is 38.2 Å². The molecule has 7 rings (SSSR count). The van der Waals surface area contributed by atoms with E-state index in [1.807, 2.05) is 32.2 Å². The quantitative estimate of drug-likeness (QED) is 0.211. The summed E-state index contributed by atoms with van der Waals surface area (Å²) in [6, 6.07) is 12.0. The maximum Gasteiger partial charge on any atom is 0.263 e. The number of rotatable bonds is 9. The second kappa shape index (κ2) is 12.2. The second-order valence-corrected chi connectivity index (χ2v) is 15.1. The van der Waals surface area contributed by atoms with Gasteiger partial charge in [-0.2, -0.15) is 0 Å². The molecule has 10 nitrogen and oxygen atoms in total. The normalized spacial score (nSPS) is 20.8. The molecule has 246 valence electrons. The van der Waals surface area contributed by atoms with Crippen LogP contribution in [0.4, 0.5) is 11.4 Å². The van der Waals surface area contributed by atoms with Gasteiger partial charge in [-0.3, -0.25) is 24.4 Å². The summed E-state index contributed by atoms with van der Waals surface area (Å²) in [6.45, 7) is 7.68. The number of likely N-dealkylation sites (tertiary alicyclic amines) is 1. The van der Waals surface area contributed by atoms with E-state index in [0.717, 1.165) is 65.6 Å². The van der Waals surface area contributed by atoms with E-state index in [4.69, 9.17) is 4.74 Å². The average molecular weight is 655 g/mol. The Morgan fingerprint density at radius 3 is 2.45 bits per heavy atom. The van der Waals surface area contributed by atoms with E-state index in [1.54, 1.807) is 29.4 Å². The Labute approximate surface area is 276 Å². The van der Waals surface area contributed by atoms with Gasteiger partial charge in [-0.05, 0) is 88.8 Å². The number of pyridine rings is 3. The number of carbonyl (C=O) groups excluding carboxylic acids is 1.